The SMILES string of the molecule is Cc1cnn(CC(=O)Nc2nn(Cc3c(F)cccc3Cl)cc2Cl)c1. The first-order chi connectivity index (χ1) is 11.9. The molecule has 1 aromatic carbocycles. The van der Waals surface area contributed by atoms with Gasteiger partial charge in [0.05, 0.1) is 12.7 Å². The van der Waals surface area contributed by atoms with Gasteiger partial charge >= 0.3 is 0 Å². The summed E-state index contributed by atoms with van der Waals surface area (Å²) in [6.45, 7) is 2.02. The zero-order valence-electron chi connectivity index (χ0n) is 13.2. The largest absolute Gasteiger partial charge is 0.306 e. The number of nitrogens with one attached hydrogen (secondary N) is 1. The lowest BCUT2D eigenvalue weighted by atomic mass is 10.2. The Morgan fingerprint density at radius 2 is 2.04 bits per heavy atom. The minimum Gasteiger partial charge on any atom is -0.306 e. The van der Waals surface area contributed by atoms with Crippen molar-refractivity contribution in [2.45, 2.75) is 20.0 Å². The summed E-state index contributed by atoms with van der Waals surface area (Å²) in [4.78, 5) is 12.1. The van der Waals surface area contributed by atoms with Crippen LogP contribution in [-0.2, 0) is 17.9 Å². The highest BCUT2D eigenvalue weighted by atomic mass is 35.5. The lowest BCUT2D eigenvalue weighted by Gasteiger charge is -2.06. The van der Waals surface area contributed by atoms with Gasteiger partial charge in [0.15, 0.2) is 5.82 Å². The highest BCUT2D eigenvalue weighted by Gasteiger charge is 2.14. The number of rotatable bonds is 5. The van der Waals surface area contributed by atoms with Gasteiger partial charge in [0.2, 0.25) is 5.91 Å². The molecule has 130 valence electrons. The number of aryl methyl sites for hydroxylation is 1. The maximum atomic E-state index is 13.9. The molecule has 25 heavy (non-hydrogen) atoms. The van der Waals surface area contributed by atoms with Crippen molar-refractivity contribution in [1.82, 2.24) is 19.6 Å². The van der Waals surface area contributed by atoms with Gasteiger partial charge in [0.1, 0.15) is 17.4 Å². The fourth-order valence-electron chi connectivity index (χ4n) is 2.28. The highest BCUT2D eigenvalue weighted by Crippen LogP contribution is 2.23. The first-order valence-electron chi connectivity index (χ1n) is 7.37. The van der Waals surface area contributed by atoms with Crippen LogP contribution in [0.1, 0.15) is 11.1 Å². The van der Waals surface area contributed by atoms with Gasteiger partial charge in [-0.15, -0.1) is 0 Å². The molecule has 0 radical (unpaired) electrons. The molecule has 0 saturated heterocycles. The van der Waals surface area contributed by atoms with Gasteiger partial charge in [-0.25, -0.2) is 4.39 Å². The summed E-state index contributed by atoms with van der Waals surface area (Å²) in [6, 6.07) is 4.45. The van der Waals surface area contributed by atoms with Crippen molar-refractivity contribution in [2.24, 2.45) is 0 Å². The van der Waals surface area contributed by atoms with Crippen molar-refractivity contribution < 1.29 is 9.18 Å². The lowest BCUT2D eigenvalue weighted by molar-refractivity contribution is -0.116. The fourth-order valence-corrected chi connectivity index (χ4v) is 2.70. The van der Waals surface area contributed by atoms with Crippen molar-refractivity contribution >= 4 is 34.9 Å². The van der Waals surface area contributed by atoms with E-state index in [0.717, 1.165) is 5.56 Å². The lowest BCUT2D eigenvalue weighted by Crippen LogP contribution is -2.19. The smallest absolute Gasteiger partial charge is 0.247 e. The normalized spacial score (nSPS) is 10.9. The van der Waals surface area contributed by atoms with E-state index in [1.807, 2.05) is 6.92 Å². The van der Waals surface area contributed by atoms with Crippen molar-refractivity contribution in [3.05, 3.63) is 63.8 Å². The molecule has 0 unspecified atom stereocenters. The number of anilines is 1. The highest BCUT2D eigenvalue weighted by molar-refractivity contribution is 6.33. The summed E-state index contributed by atoms with van der Waals surface area (Å²) in [7, 11) is 0. The predicted octanol–water partition coefficient (Wildman–Crippen LogP) is 3.52. The van der Waals surface area contributed by atoms with Crippen molar-refractivity contribution in [1.29, 1.82) is 0 Å². The monoisotopic (exact) mass is 381 g/mol. The Balaban J connectivity index is 1.71. The number of carbonyl (C=O) groups excluding carboxylic acids is 1. The van der Waals surface area contributed by atoms with Crippen molar-refractivity contribution in [3.8, 4) is 0 Å². The Hall–Kier alpha value is -2.38. The molecule has 0 aliphatic carbocycles. The number of aromatic nitrogens is 4. The zero-order chi connectivity index (χ0) is 18.0. The Bertz CT molecular complexity index is 901. The van der Waals surface area contributed by atoms with Gasteiger partial charge in [0.25, 0.3) is 0 Å². The molecule has 3 rings (SSSR count). The van der Waals surface area contributed by atoms with Gasteiger partial charge < -0.3 is 5.32 Å². The summed E-state index contributed by atoms with van der Waals surface area (Å²) in [5.41, 5.74) is 1.25. The van der Waals surface area contributed by atoms with Crippen molar-refractivity contribution in [3.63, 3.8) is 0 Å². The first kappa shape index (κ1) is 17.4. The molecular weight excluding hydrogens is 368 g/mol. The summed E-state index contributed by atoms with van der Waals surface area (Å²) >= 11 is 12.1. The topological polar surface area (TPSA) is 64.7 Å². The van der Waals surface area contributed by atoms with Crippen LogP contribution < -0.4 is 5.32 Å². The van der Waals surface area contributed by atoms with Crippen molar-refractivity contribution in [2.75, 3.05) is 5.32 Å². The number of hydrogen-bond acceptors (Lipinski definition) is 3. The van der Waals surface area contributed by atoms with Gasteiger partial charge in [-0.3, -0.25) is 14.2 Å². The third-order valence-electron chi connectivity index (χ3n) is 3.42. The summed E-state index contributed by atoms with van der Waals surface area (Å²) in [5.74, 6) is -0.555. The summed E-state index contributed by atoms with van der Waals surface area (Å²) < 4.78 is 16.8. The Labute approximate surface area is 153 Å². The maximum absolute atomic E-state index is 13.9. The van der Waals surface area contributed by atoms with E-state index < -0.39 is 5.82 Å². The predicted molar refractivity (Wildman–Crippen MR) is 93.3 cm³/mol. The van der Waals surface area contributed by atoms with E-state index in [2.05, 4.69) is 15.5 Å². The molecule has 0 aliphatic rings. The standard InChI is InChI=1S/C16H14Cl2FN5O/c1-10-5-20-23(6-10)9-15(25)21-16-13(18)8-24(22-16)7-11-12(17)3-2-4-14(11)19/h2-6,8H,7,9H2,1H3,(H,21,22,25). The minimum atomic E-state index is -0.432. The molecule has 1 N–H and O–H groups in total. The molecule has 0 aliphatic heterocycles. The second kappa shape index (κ2) is 7.25. The first-order valence-corrected chi connectivity index (χ1v) is 8.12. The fraction of sp³-hybridized carbons (Fsp3) is 0.188. The number of nitrogens with zero attached hydrogens (tertiary/aromatic N) is 4. The average molecular weight is 382 g/mol. The Morgan fingerprint density at radius 3 is 2.72 bits per heavy atom. The van der Waals surface area contributed by atoms with Crippen LogP contribution in [0.15, 0.2) is 36.8 Å². The molecule has 9 heteroatoms. The minimum absolute atomic E-state index is 0.0379. The van der Waals surface area contributed by atoms with E-state index in [0.29, 0.717) is 10.6 Å². The van der Waals surface area contributed by atoms with Gasteiger partial charge in [0, 0.05) is 23.0 Å². The number of carbonyl (C=O) groups is 1. The zero-order valence-corrected chi connectivity index (χ0v) is 14.7. The molecule has 2 heterocycles. The average Bonchev–Trinajstić information content (AvgIpc) is 3.09. The van der Waals surface area contributed by atoms with Crippen LogP contribution in [0.3, 0.4) is 0 Å². The van der Waals surface area contributed by atoms with Crippen LogP contribution in [0.25, 0.3) is 0 Å². The number of benzene rings is 1. The summed E-state index contributed by atoms with van der Waals surface area (Å²) in [5, 5.41) is 11.4. The summed E-state index contributed by atoms with van der Waals surface area (Å²) in [6.07, 6.45) is 4.91. The maximum Gasteiger partial charge on any atom is 0.247 e. The number of hydrogen-bond donors (Lipinski definition) is 1. The molecule has 0 saturated carbocycles. The van der Waals surface area contributed by atoms with E-state index >= 15 is 0 Å². The molecule has 0 atom stereocenters. The second-order valence-corrected chi connectivity index (χ2v) is 6.30. The Kier molecular flexibility index (Phi) is 5.06. The Morgan fingerprint density at radius 1 is 1.24 bits per heavy atom. The molecule has 0 fully saturated rings. The van der Waals surface area contributed by atoms with Crippen LogP contribution in [0.5, 0.6) is 0 Å². The molecule has 2 aromatic heterocycles. The van der Waals surface area contributed by atoms with Gasteiger partial charge in [-0.1, -0.05) is 29.3 Å². The number of halogens is 3. The molecule has 6 nitrogen and oxygen atoms in total. The third kappa shape index (κ3) is 4.18. The molecule has 0 bridgehead atoms. The van der Waals surface area contributed by atoms with E-state index in [1.54, 1.807) is 18.5 Å². The van der Waals surface area contributed by atoms with E-state index in [9.17, 15) is 9.18 Å². The van der Waals surface area contributed by atoms with Crippen LogP contribution in [-0.4, -0.2) is 25.5 Å². The molecule has 3 aromatic rings. The van der Waals surface area contributed by atoms with Gasteiger partial charge in [-0.2, -0.15) is 10.2 Å². The van der Waals surface area contributed by atoms with Crippen LogP contribution in [0.4, 0.5) is 10.2 Å². The van der Waals surface area contributed by atoms with Gasteiger partial charge in [-0.05, 0) is 24.6 Å². The third-order valence-corrected chi connectivity index (χ3v) is 4.06. The number of amides is 1. The second-order valence-electron chi connectivity index (χ2n) is 5.49. The van der Waals surface area contributed by atoms with E-state index in [-0.39, 0.29) is 29.8 Å². The molecule has 0 spiro atoms. The molecular formula is C16H14Cl2FN5O. The molecule has 1 amide bonds. The van der Waals surface area contributed by atoms with E-state index in [1.165, 1.54) is 27.7 Å². The quantitative estimate of drug-likeness (QED) is 0.735. The van der Waals surface area contributed by atoms with Crippen LogP contribution in [0, 0.1) is 12.7 Å². The van der Waals surface area contributed by atoms with Crippen LogP contribution in [0.2, 0.25) is 10.0 Å². The van der Waals surface area contributed by atoms with E-state index in [4.69, 9.17) is 23.2 Å². The van der Waals surface area contributed by atoms with Crippen LogP contribution >= 0.6 is 23.2 Å².